The van der Waals surface area contributed by atoms with Crippen LogP contribution in [0.4, 0.5) is 0 Å². The minimum atomic E-state index is -0.778. The van der Waals surface area contributed by atoms with E-state index in [9.17, 15) is 14.4 Å². The van der Waals surface area contributed by atoms with Gasteiger partial charge in [-0.15, -0.1) is 0 Å². The van der Waals surface area contributed by atoms with Crippen LogP contribution in [0.1, 0.15) is 72.1 Å². The van der Waals surface area contributed by atoms with Gasteiger partial charge in [0.2, 0.25) is 12.2 Å². The van der Waals surface area contributed by atoms with Crippen molar-refractivity contribution in [2.45, 2.75) is 95.7 Å². The number of fused-ring (bicyclic) bond motifs is 1. The Hall–Kier alpha value is -1.63. The van der Waals surface area contributed by atoms with Gasteiger partial charge in [0.25, 0.3) is 0 Å². The maximum atomic E-state index is 12.7. The van der Waals surface area contributed by atoms with E-state index < -0.39 is 24.0 Å². The predicted molar refractivity (Wildman–Crippen MR) is 99.0 cm³/mol. The molecule has 4 aliphatic rings. The molecule has 2 bridgehead atoms. The molecule has 2 spiro atoms. The molecule has 0 N–H and O–H groups in total. The lowest BCUT2D eigenvalue weighted by atomic mass is 9.69. The van der Waals surface area contributed by atoms with Crippen LogP contribution >= 0.6 is 0 Å². The van der Waals surface area contributed by atoms with E-state index in [4.69, 9.17) is 14.2 Å². The molecule has 5 atom stereocenters. The number of esters is 2. The van der Waals surface area contributed by atoms with E-state index in [2.05, 4.69) is 0 Å². The molecule has 4 fully saturated rings. The normalized spacial score (nSPS) is 38.6. The minimum absolute atomic E-state index is 0.0410. The summed E-state index contributed by atoms with van der Waals surface area (Å²) in [5.41, 5.74) is -0.899. The summed E-state index contributed by atoms with van der Waals surface area (Å²) in [6, 6.07) is 0. The van der Waals surface area contributed by atoms with Crippen LogP contribution in [0.25, 0.3) is 0 Å². The lowest BCUT2D eigenvalue weighted by molar-refractivity contribution is -0.243. The Morgan fingerprint density at radius 1 is 0.964 bits per heavy atom. The zero-order chi connectivity index (χ0) is 20.1. The van der Waals surface area contributed by atoms with Gasteiger partial charge in [-0.05, 0) is 31.6 Å². The van der Waals surface area contributed by atoms with Crippen molar-refractivity contribution in [3.05, 3.63) is 0 Å². The molecule has 0 aromatic rings. The van der Waals surface area contributed by atoms with E-state index in [-0.39, 0.29) is 29.3 Å². The number of carbonyl (C=O) groups excluding carboxylic acids is 3. The molecule has 2 aliphatic carbocycles. The van der Waals surface area contributed by atoms with Crippen LogP contribution in [-0.2, 0) is 28.6 Å². The Morgan fingerprint density at radius 2 is 1.61 bits per heavy atom. The summed E-state index contributed by atoms with van der Waals surface area (Å²) in [7, 11) is 0. The highest BCUT2D eigenvalue weighted by Gasteiger charge is 2.71. The van der Waals surface area contributed by atoms with Crippen LogP contribution in [0.3, 0.4) is 0 Å². The van der Waals surface area contributed by atoms with Crippen molar-refractivity contribution >= 4 is 17.8 Å². The fourth-order valence-electron chi connectivity index (χ4n) is 6.41. The third-order valence-corrected chi connectivity index (χ3v) is 7.40. The number of hydrogen-bond acceptors (Lipinski definition) is 6. The summed E-state index contributed by atoms with van der Waals surface area (Å²) in [4.78, 5) is 38.0. The Balaban J connectivity index is 1.68. The van der Waals surface area contributed by atoms with Crippen LogP contribution in [-0.4, -0.2) is 52.8 Å². The second-order valence-electron chi connectivity index (χ2n) is 9.12. The first-order valence-corrected chi connectivity index (χ1v) is 10.6. The SMILES string of the molecule is CC(=O)OC1OC23CN(C(C)=O)C4(CCCCCC4)CC2CC1C3OC(C)=O. The molecule has 1 amide bonds. The zero-order valence-corrected chi connectivity index (χ0v) is 17.1. The zero-order valence-electron chi connectivity index (χ0n) is 17.1. The Kier molecular flexibility index (Phi) is 4.92. The molecule has 156 valence electrons. The van der Waals surface area contributed by atoms with Crippen LogP contribution < -0.4 is 0 Å². The highest BCUT2D eigenvalue weighted by molar-refractivity contribution is 5.75. The molecular formula is C21H31NO6. The van der Waals surface area contributed by atoms with Crippen LogP contribution in [0.2, 0.25) is 0 Å². The average molecular weight is 393 g/mol. The first kappa shape index (κ1) is 19.7. The minimum Gasteiger partial charge on any atom is -0.459 e. The highest BCUT2D eigenvalue weighted by atomic mass is 16.7. The summed E-state index contributed by atoms with van der Waals surface area (Å²) in [6.07, 6.45) is 7.22. The van der Waals surface area contributed by atoms with E-state index in [1.165, 1.54) is 26.7 Å². The van der Waals surface area contributed by atoms with E-state index in [0.717, 1.165) is 38.5 Å². The number of amides is 1. The number of likely N-dealkylation sites (tertiary alicyclic amines) is 1. The van der Waals surface area contributed by atoms with Gasteiger partial charge in [0.1, 0.15) is 11.7 Å². The first-order chi connectivity index (χ1) is 13.3. The van der Waals surface area contributed by atoms with Crippen LogP contribution in [0, 0.1) is 11.8 Å². The standard InChI is InChI=1S/C21H31NO6/c1-13(23)22-12-21-16(11-20(22)8-6-4-5-7-9-20)10-17(18(21)26-14(2)24)19(28-21)27-15(3)25/h16-19H,4-12H2,1-3H3. The highest BCUT2D eigenvalue weighted by Crippen LogP contribution is 2.60. The molecule has 2 saturated carbocycles. The monoisotopic (exact) mass is 393 g/mol. The summed E-state index contributed by atoms with van der Waals surface area (Å²) in [5.74, 6) is -0.716. The van der Waals surface area contributed by atoms with Crippen molar-refractivity contribution in [3.8, 4) is 0 Å². The number of rotatable bonds is 2. The number of hydrogen-bond donors (Lipinski definition) is 0. The second-order valence-corrected chi connectivity index (χ2v) is 9.12. The quantitative estimate of drug-likeness (QED) is 0.671. The Labute approximate surface area is 166 Å². The third-order valence-electron chi connectivity index (χ3n) is 7.40. The maximum Gasteiger partial charge on any atom is 0.304 e. The molecule has 5 unspecified atom stereocenters. The number of nitrogens with zero attached hydrogens (tertiary/aromatic N) is 1. The molecule has 7 heteroatoms. The van der Waals surface area contributed by atoms with Gasteiger partial charge in [-0.3, -0.25) is 14.4 Å². The van der Waals surface area contributed by atoms with Crippen LogP contribution in [0.5, 0.6) is 0 Å². The van der Waals surface area contributed by atoms with Gasteiger partial charge >= 0.3 is 11.9 Å². The Bertz CT molecular complexity index is 670. The summed E-state index contributed by atoms with van der Waals surface area (Å²) in [6.45, 7) is 4.77. The summed E-state index contributed by atoms with van der Waals surface area (Å²) in [5, 5.41) is 0. The van der Waals surface area contributed by atoms with Gasteiger partial charge in [0.05, 0.1) is 12.5 Å². The molecule has 0 radical (unpaired) electrons. The van der Waals surface area contributed by atoms with E-state index in [1.54, 1.807) is 6.92 Å². The van der Waals surface area contributed by atoms with Gasteiger partial charge in [-0.1, -0.05) is 25.7 Å². The van der Waals surface area contributed by atoms with Gasteiger partial charge < -0.3 is 19.1 Å². The fourth-order valence-corrected chi connectivity index (χ4v) is 6.41. The van der Waals surface area contributed by atoms with Crippen molar-refractivity contribution in [1.82, 2.24) is 4.90 Å². The molecule has 2 saturated heterocycles. The average Bonchev–Trinajstić information content (AvgIpc) is 2.90. The van der Waals surface area contributed by atoms with E-state index in [0.29, 0.717) is 6.54 Å². The van der Waals surface area contributed by atoms with Gasteiger partial charge in [-0.25, -0.2) is 0 Å². The van der Waals surface area contributed by atoms with Crippen molar-refractivity contribution in [2.24, 2.45) is 11.8 Å². The van der Waals surface area contributed by atoms with Crippen molar-refractivity contribution < 1.29 is 28.6 Å². The molecule has 0 aromatic carbocycles. The molecule has 4 rings (SSSR count). The molecule has 2 heterocycles. The topological polar surface area (TPSA) is 82.1 Å². The van der Waals surface area contributed by atoms with Crippen LogP contribution in [0.15, 0.2) is 0 Å². The van der Waals surface area contributed by atoms with E-state index >= 15 is 0 Å². The van der Waals surface area contributed by atoms with Crippen molar-refractivity contribution in [2.75, 3.05) is 6.54 Å². The smallest absolute Gasteiger partial charge is 0.304 e. The van der Waals surface area contributed by atoms with Crippen molar-refractivity contribution in [1.29, 1.82) is 0 Å². The van der Waals surface area contributed by atoms with Gasteiger partial charge in [0, 0.05) is 26.3 Å². The predicted octanol–water partition coefficient (Wildman–Crippen LogP) is 2.56. The second kappa shape index (κ2) is 7.01. The molecule has 28 heavy (non-hydrogen) atoms. The number of ether oxygens (including phenoxy) is 3. The maximum absolute atomic E-state index is 12.7. The number of carbonyl (C=O) groups is 3. The third kappa shape index (κ3) is 3.02. The molecule has 2 aliphatic heterocycles. The number of piperidine rings is 1. The Morgan fingerprint density at radius 3 is 2.18 bits per heavy atom. The summed E-state index contributed by atoms with van der Waals surface area (Å²) >= 11 is 0. The van der Waals surface area contributed by atoms with Gasteiger partial charge in [-0.2, -0.15) is 0 Å². The lowest BCUT2D eigenvalue weighted by Gasteiger charge is -2.56. The molecule has 7 nitrogen and oxygen atoms in total. The molecular weight excluding hydrogens is 362 g/mol. The molecule has 0 aromatic heterocycles. The van der Waals surface area contributed by atoms with E-state index in [1.807, 2.05) is 4.90 Å². The lowest BCUT2D eigenvalue weighted by Crippen LogP contribution is -2.67. The summed E-state index contributed by atoms with van der Waals surface area (Å²) < 4.78 is 17.4. The fraction of sp³-hybridized carbons (Fsp3) is 0.857. The largest absolute Gasteiger partial charge is 0.459 e. The van der Waals surface area contributed by atoms with Gasteiger partial charge in [0.15, 0.2) is 0 Å². The van der Waals surface area contributed by atoms with Crippen molar-refractivity contribution in [3.63, 3.8) is 0 Å². The first-order valence-electron chi connectivity index (χ1n) is 10.6.